The van der Waals surface area contributed by atoms with Crippen LogP contribution in [0.2, 0.25) is 0 Å². The molecule has 0 spiro atoms. The van der Waals surface area contributed by atoms with E-state index in [9.17, 15) is 4.79 Å². The predicted molar refractivity (Wildman–Crippen MR) is 87.6 cm³/mol. The van der Waals surface area contributed by atoms with Crippen LogP contribution in [0.5, 0.6) is 0 Å². The van der Waals surface area contributed by atoms with E-state index in [0.717, 1.165) is 28.4 Å². The van der Waals surface area contributed by atoms with E-state index in [1.165, 1.54) is 24.2 Å². The molecule has 0 aliphatic carbocycles. The molecule has 1 aromatic heterocycles. The molecule has 0 bridgehead atoms. The Morgan fingerprint density at radius 1 is 1.62 bits per heavy atom. The van der Waals surface area contributed by atoms with Crippen LogP contribution in [0.25, 0.3) is 0 Å². The lowest BCUT2D eigenvalue weighted by atomic mass is 10.2. The summed E-state index contributed by atoms with van der Waals surface area (Å²) in [4.78, 5) is 18.4. The zero-order valence-electron chi connectivity index (χ0n) is 13.0. The van der Waals surface area contributed by atoms with Crippen LogP contribution in [-0.2, 0) is 0 Å². The molecule has 114 valence electrons. The van der Waals surface area contributed by atoms with Crippen molar-refractivity contribution in [3.05, 3.63) is 21.4 Å². The van der Waals surface area contributed by atoms with Gasteiger partial charge in [0.2, 0.25) is 0 Å². The predicted octanol–water partition coefficient (Wildman–Crippen LogP) is 1.53. The SMILES string of the molecule is Cc1cc(C(=O)N(C)CC2CCCN2C)sc1C#CCN. The number of nitrogens with two attached hydrogens (primary N) is 1. The quantitative estimate of drug-likeness (QED) is 0.862. The molecule has 2 N–H and O–H groups in total. The summed E-state index contributed by atoms with van der Waals surface area (Å²) in [6.45, 7) is 4.24. The summed E-state index contributed by atoms with van der Waals surface area (Å²) in [6, 6.07) is 2.42. The molecule has 0 saturated carbocycles. The fourth-order valence-corrected chi connectivity index (χ4v) is 3.68. The molecule has 4 nitrogen and oxygen atoms in total. The Morgan fingerprint density at radius 2 is 2.38 bits per heavy atom. The van der Waals surface area contributed by atoms with Gasteiger partial charge in [-0.3, -0.25) is 4.79 Å². The maximum atomic E-state index is 12.5. The molecule has 0 radical (unpaired) electrons. The molecule has 1 aliphatic rings. The second-order valence-corrected chi connectivity index (χ2v) is 6.64. The van der Waals surface area contributed by atoms with E-state index < -0.39 is 0 Å². The first-order chi connectivity index (χ1) is 10.0. The Balaban J connectivity index is 2.05. The van der Waals surface area contributed by atoms with Gasteiger partial charge in [-0.2, -0.15) is 0 Å². The molecule has 1 fully saturated rings. The van der Waals surface area contributed by atoms with Crippen molar-refractivity contribution < 1.29 is 4.79 Å². The monoisotopic (exact) mass is 305 g/mol. The van der Waals surface area contributed by atoms with Crippen LogP contribution in [0.3, 0.4) is 0 Å². The molecule has 1 amide bonds. The number of aryl methyl sites for hydroxylation is 1. The third kappa shape index (κ3) is 3.85. The highest BCUT2D eigenvalue weighted by atomic mass is 32.1. The van der Waals surface area contributed by atoms with Crippen molar-refractivity contribution in [2.24, 2.45) is 5.73 Å². The van der Waals surface area contributed by atoms with Gasteiger partial charge in [0.1, 0.15) is 0 Å². The molecular formula is C16H23N3OS. The highest BCUT2D eigenvalue weighted by molar-refractivity contribution is 7.14. The first kappa shape index (κ1) is 16.0. The zero-order chi connectivity index (χ0) is 15.4. The summed E-state index contributed by atoms with van der Waals surface area (Å²) in [5.74, 6) is 5.97. The van der Waals surface area contributed by atoms with Crippen molar-refractivity contribution in [3.63, 3.8) is 0 Å². The van der Waals surface area contributed by atoms with Gasteiger partial charge in [-0.05, 0) is 45.0 Å². The number of hydrogen-bond donors (Lipinski definition) is 1. The molecule has 0 aromatic carbocycles. The maximum Gasteiger partial charge on any atom is 0.263 e. The molecule has 5 heteroatoms. The summed E-state index contributed by atoms with van der Waals surface area (Å²) in [5.41, 5.74) is 6.45. The summed E-state index contributed by atoms with van der Waals surface area (Å²) < 4.78 is 0. The fraction of sp³-hybridized carbons (Fsp3) is 0.562. The highest BCUT2D eigenvalue weighted by Gasteiger charge is 2.25. The van der Waals surface area contributed by atoms with Crippen molar-refractivity contribution in [2.75, 3.05) is 33.7 Å². The molecule has 2 heterocycles. The van der Waals surface area contributed by atoms with Gasteiger partial charge in [-0.25, -0.2) is 0 Å². The van der Waals surface area contributed by atoms with Crippen molar-refractivity contribution in [2.45, 2.75) is 25.8 Å². The van der Waals surface area contributed by atoms with Crippen molar-refractivity contribution in [1.82, 2.24) is 9.80 Å². The fourth-order valence-electron chi connectivity index (χ4n) is 2.64. The third-order valence-corrected chi connectivity index (χ3v) is 5.08. The molecule has 1 aliphatic heterocycles. The second kappa shape index (κ2) is 7.08. The number of likely N-dealkylation sites (tertiary alicyclic amines) is 1. The summed E-state index contributed by atoms with van der Waals surface area (Å²) in [7, 11) is 4.01. The molecule has 1 aromatic rings. The Morgan fingerprint density at radius 3 is 3.00 bits per heavy atom. The normalized spacial score (nSPS) is 18.4. The van der Waals surface area contributed by atoms with Gasteiger partial charge in [-0.1, -0.05) is 11.8 Å². The van der Waals surface area contributed by atoms with Gasteiger partial charge < -0.3 is 15.5 Å². The van der Waals surface area contributed by atoms with Crippen molar-refractivity contribution in [1.29, 1.82) is 0 Å². The number of hydrogen-bond acceptors (Lipinski definition) is 4. The van der Waals surface area contributed by atoms with Crippen LogP contribution in [0, 0.1) is 18.8 Å². The molecule has 1 unspecified atom stereocenters. The van der Waals surface area contributed by atoms with E-state index in [1.54, 1.807) is 0 Å². The summed E-state index contributed by atoms with van der Waals surface area (Å²) in [5, 5.41) is 0. The van der Waals surface area contributed by atoms with E-state index in [4.69, 9.17) is 5.73 Å². The van der Waals surface area contributed by atoms with Crippen LogP contribution in [0.15, 0.2) is 6.07 Å². The zero-order valence-corrected chi connectivity index (χ0v) is 13.8. The standard InChI is InChI=1S/C16H23N3OS/c1-12-10-15(21-14(12)7-4-8-17)16(20)19(3)11-13-6-5-9-18(13)2/h10,13H,5-6,8-9,11,17H2,1-3H3. The molecule has 2 rings (SSSR count). The Labute approximate surface area is 130 Å². The smallest absolute Gasteiger partial charge is 0.263 e. The van der Waals surface area contributed by atoms with Crippen molar-refractivity contribution >= 4 is 17.2 Å². The maximum absolute atomic E-state index is 12.5. The van der Waals surface area contributed by atoms with Gasteiger partial charge in [-0.15, -0.1) is 11.3 Å². The number of thiophene rings is 1. The lowest BCUT2D eigenvalue weighted by Crippen LogP contribution is -2.39. The van der Waals surface area contributed by atoms with Gasteiger partial charge in [0.05, 0.1) is 16.3 Å². The van der Waals surface area contributed by atoms with Crippen LogP contribution in [0.4, 0.5) is 0 Å². The van der Waals surface area contributed by atoms with Gasteiger partial charge >= 0.3 is 0 Å². The number of rotatable bonds is 3. The van der Waals surface area contributed by atoms with E-state index >= 15 is 0 Å². The van der Waals surface area contributed by atoms with Crippen molar-refractivity contribution in [3.8, 4) is 11.8 Å². The minimum absolute atomic E-state index is 0.0872. The molecule has 1 atom stereocenters. The minimum Gasteiger partial charge on any atom is -0.339 e. The van der Waals surface area contributed by atoms with Crippen LogP contribution < -0.4 is 5.73 Å². The average Bonchev–Trinajstić information content (AvgIpc) is 3.02. The van der Waals surface area contributed by atoms with Gasteiger partial charge in [0.15, 0.2) is 0 Å². The molecule has 1 saturated heterocycles. The Kier molecular flexibility index (Phi) is 5.40. The third-order valence-electron chi connectivity index (χ3n) is 3.94. The lowest BCUT2D eigenvalue weighted by Gasteiger charge is -2.25. The largest absolute Gasteiger partial charge is 0.339 e. The number of amides is 1. The number of likely N-dealkylation sites (N-methyl/N-ethyl adjacent to an activating group) is 2. The number of nitrogens with zero attached hydrogens (tertiary/aromatic N) is 2. The Bertz CT molecular complexity index is 570. The van der Waals surface area contributed by atoms with Gasteiger partial charge in [0, 0.05) is 19.6 Å². The van der Waals surface area contributed by atoms with Gasteiger partial charge in [0.25, 0.3) is 5.91 Å². The molecular weight excluding hydrogens is 282 g/mol. The lowest BCUT2D eigenvalue weighted by molar-refractivity contribution is 0.0766. The average molecular weight is 305 g/mol. The first-order valence-corrected chi connectivity index (χ1v) is 8.09. The topological polar surface area (TPSA) is 49.6 Å². The number of carbonyl (C=O) groups is 1. The summed E-state index contributed by atoms with van der Waals surface area (Å²) >= 11 is 1.46. The van der Waals surface area contributed by atoms with E-state index in [-0.39, 0.29) is 5.91 Å². The minimum atomic E-state index is 0.0872. The van der Waals surface area contributed by atoms with E-state index in [0.29, 0.717) is 12.6 Å². The molecule has 21 heavy (non-hydrogen) atoms. The van der Waals surface area contributed by atoms with Crippen LogP contribution >= 0.6 is 11.3 Å². The highest BCUT2D eigenvalue weighted by Crippen LogP contribution is 2.23. The van der Waals surface area contributed by atoms with Crippen LogP contribution in [0.1, 0.15) is 33.0 Å². The van der Waals surface area contributed by atoms with E-state index in [1.807, 2.05) is 24.9 Å². The number of carbonyl (C=O) groups excluding carboxylic acids is 1. The second-order valence-electron chi connectivity index (χ2n) is 5.59. The summed E-state index contributed by atoms with van der Waals surface area (Å²) in [6.07, 6.45) is 2.39. The Hall–Kier alpha value is -1.35. The first-order valence-electron chi connectivity index (χ1n) is 7.28. The van der Waals surface area contributed by atoms with Crippen LogP contribution in [-0.4, -0.2) is 55.5 Å². The van der Waals surface area contributed by atoms with E-state index in [2.05, 4.69) is 23.8 Å².